The third-order valence-corrected chi connectivity index (χ3v) is 3.49. The summed E-state index contributed by atoms with van der Waals surface area (Å²) in [6.45, 7) is 5.72. The molecule has 1 aromatic carbocycles. The minimum absolute atomic E-state index is 0.0844. The van der Waals surface area contributed by atoms with Crippen molar-refractivity contribution in [3.05, 3.63) is 35.4 Å². The van der Waals surface area contributed by atoms with Crippen LogP contribution in [0, 0.1) is 11.3 Å². The Morgan fingerprint density at radius 3 is 2.00 bits per heavy atom. The highest BCUT2D eigenvalue weighted by atomic mass is 16.4. The van der Waals surface area contributed by atoms with Gasteiger partial charge in [-0.15, -0.1) is 0 Å². The molecule has 2 amide bonds. The molecule has 0 saturated carbocycles. The molecule has 1 aliphatic heterocycles. The maximum absolute atomic E-state index is 12.2. The van der Waals surface area contributed by atoms with Crippen molar-refractivity contribution >= 4 is 17.8 Å². The van der Waals surface area contributed by atoms with Gasteiger partial charge < -0.3 is 5.11 Å². The number of carbonyl (C=O) groups is 3. The van der Waals surface area contributed by atoms with Gasteiger partial charge in [0.1, 0.15) is 0 Å². The van der Waals surface area contributed by atoms with Crippen LogP contribution in [0.3, 0.4) is 0 Å². The number of carboxylic acids is 1. The fraction of sp³-hybridized carbons (Fsp3) is 0.438. The summed E-state index contributed by atoms with van der Waals surface area (Å²) in [6.07, 6.45) is 0.399. The first-order chi connectivity index (χ1) is 9.70. The third kappa shape index (κ3) is 3.12. The highest BCUT2D eigenvalue weighted by Crippen LogP contribution is 2.28. The predicted octanol–water partition coefficient (Wildman–Crippen LogP) is 2.42. The standard InChI is InChI=1S/C16H19NO4/c1-16(2,3)8-10(15(20)21)9-17-13(18)11-6-4-5-7-12(11)14(17)19/h4-7,10H,8-9H2,1-3H3,(H,20,21). The van der Waals surface area contributed by atoms with Crippen molar-refractivity contribution in [3.63, 3.8) is 0 Å². The van der Waals surface area contributed by atoms with Gasteiger partial charge >= 0.3 is 5.97 Å². The van der Waals surface area contributed by atoms with Crippen LogP contribution in [0.4, 0.5) is 0 Å². The number of carboxylic acid groups (broad SMARTS) is 1. The second-order valence-corrected chi connectivity index (χ2v) is 6.57. The number of amides is 2. The molecule has 1 N–H and O–H groups in total. The van der Waals surface area contributed by atoms with Gasteiger partial charge in [0.05, 0.1) is 17.0 Å². The molecule has 1 unspecified atom stereocenters. The first-order valence-corrected chi connectivity index (χ1v) is 6.89. The lowest BCUT2D eigenvalue weighted by Crippen LogP contribution is -2.38. The Bertz CT molecular complexity index is 566. The molecule has 0 bridgehead atoms. The minimum atomic E-state index is -0.985. The quantitative estimate of drug-likeness (QED) is 0.864. The van der Waals surface area contributed by atoms with E-state index in [-0.39, 0.29) is 12.0 Å². The first kappa shape index (κ1) is 15.2. The number of nitrogens with zero attached hydrogens (tertiary/aromatic N) is 1. The maximum Gasteiger partial charge on any atom is 0.308 e. The van der Waals surface area contributed by atoms with Crippen molar-refractivity contribution in [1.82, 2.24) is 4.90 Å². The number of rotatable bonds is 4. The second kappa shape index (κ2) is 5.31. The average Bonchev–Trinajstić information content (AvgIpc) is 2.62. The van der Waals surface area contributed by atoms with Crippen LogP contribution in [-0.2, 0) is 4.79 Å². The predicted molar refractivity (Wildman–Crippen MR) is 77.0 cm³/mol. The molecule has 0 aliphatic carbocycles. The van der Waals surface area contributed by atoms with Crippen molar-refractivity contribution in [2.75, 3.05) is 6.54 Å². The molecule has 1 atom stereocenters. The number of benzene rings is 1. The van der Waals surface area contributed by atoms with E-state index in [1.165, 1.54) is 0 Å². The number of fused-ring (bicyclic) bond motifs is 1. The van der Waals surface area contributed by atoms with E-state index >= 15 is 0 Å². The van der Waals surface area contributed by atoms with E-state index in [0.717, 1.165) is 4.90 Å². The summed E-state index contributed by atoms with van der Waals surface area (Å²) in [4.78, 5) is 36.9. The van der Waals surface area contributed by atoms with Crippen LogP contribution in [0.1, 0.15) is 47.9 Å². The Morgan fingerprint density at radius 1 is 1.14 bits per heavy atom. The lowest BCUT2D eigenvalue weighted by atomic mass is 9.84. The first-order valence-electron chi connectivity index (χ1n) is 6.89. The van der Waals surface area contributed by atoms with E-state index < -0.39 is 23.7 Å². The second-order valence-electron chi connectivity index (χ2n) is 6.57. The van der Waals surface area contributed by atoms with Crippen molar-refractivity contribution < 1.29 is 19.5 Å². The molecule has 5 heteroatoms. The topological polar surface area (TPSA) is 74.7 Å². The molecule has 21 heavy (non-hydrogen) atoms. The molecule has 0 spiro atoms. The highest BCUT2D eigenvalue weighted by molar-refractivity contribution is 6.21. The van der Waals surface area contributed by atoms with Gasteiger partial charge in [0.2, 0.25) is 0 Å². The van der Waals surface area contributed by atoms with Crippen LogP contribution < -0.4 is 0 Å². The Balaban J connectivity index is 2.22. The Kier molecular flexibility index (Phi) is 3.85. The van der Waals surface area contributed by atoms with Crippen molar-refractivity contribution in [3.8, 4) is 0 Å². The van der Waals surface area contributed by atoms with Gasteiger partial charge in [-0.05, 0) is 24.0 Å². The lowest BCUT2D eigenvalue weighted by molar-refractivity contribution is -0.143. The van der Waals surface area contributed by atoms with Gasteiger partial charge in [-0.3, -0.25) is 19.3 Å². The van der Waals surface area contributed by atoms with E-state index in [1.807, 2.05) is 20.8 Å². The fourth-order valence-electron chi connectivity index (χ4n) is 2.59. The van der Waals surface area contributed by atoms with Crippen LogP contribution in [0.5, 0.6) is 0 Å². The SMILES string of the molecule is CC(C)(C)CC(CN1C(=O)c2ccccc2C1=O)C(=O)O. The smallest absolute Gasteiger partial charge is 0.308 e. The van der Waals surface area contributed by atoms with Crippen LogP contribution in [-0.4, -0.2) is 34.3 Å². The van der Waals surface area contributed by atoms with Crippen LogP contribution in [0.2, 0.25) is 0 Å². The summed E-state index contributed by atoms with van der Waals surface area (Å²) in [6, 6.07) is 6.57. The number of hydrogen-bond acceptors (Lipinski definition) is 3. The van der Waals surface area contributed by atoms with Crippen LogP contribution >= 0.6 is 0 Å². The molecular formula is C16H19NO4. The van der Waals surface area contributed by atoms with Crippen LogP contribution in [0.25, 0.3) is 0 Å². The van der Waals surface area contributed by atoms with Crippen LogP contribution in [0.15, 0.2) is 24.3 Å². The summed E-state index contributed by atoms with van der Waals surface area (Å²) < 4.78 is 0. The molecular weight excluding hydrogens is 270 g/mol. The average molecular weight is 289 g/mol. The number of hydrogen-bond donors (Lipinski definition) is 1. The zero-order chi connectivity index (χ0) is 15.8. The molecule has 1 heterocycles. The van der Waals surface area contributed by atoms with Gasteiger partial charge in [-0.2, -0.15) is 0 Å². The van der Waals surface area contributed by atoms with E-state index in [1.54, 1.807) is 24.3 Å². The zero-order valence-electron chi connectivity index (χ0n) is 12.4. The Labute approximate surface area is 123 Å². The molecule has 2 rings (SSSR count). The summed E-state index contributed by atoms with van der Waals surface area (Å²) in [7, 11) is 0. The van der Waals surface area contributed by atoms with Crippen molar-refractivity contribution in [1.29, 1.82) is 0 Å². The van der Waals surface area contributed by atoms with E-state index in [9.17, 15) is 19.5 Å². The largest absolute Gasteiger partial charge is 0.481 e. The summed E-state index contributed by atoms with van der Waals surface area (Å²) in [5.74, 6) is -2.56. The highest BCUT2D eigenvalue weighted by Gasteiger charge is 2.38. The van der Waals surface area contributed by atoms with Gasteiger partial charge in [0.15, 0.2) is 0 Å². The molecule has 1 aromatic rings. The Hall–Kier alpha value is -2.17. The number of carbonyl (C=O) groups excluding carboxylic acids is 2. The number of aliphatic carboxylic acids is 1. The van der Waals surface area contributed by atoms with Gasteiger partial charge in [0, 0.05) is 6.54 Å². The zero-order valence-corrected chi connectivity index (χ0v) is 12.4. The van der Waals surface area contributed by atoms with E-state index in [4.69, 9.17) is 0 Å². The molecule has 1 aliphatic rings. The third-order valence-electron chi connectivity index (χ3n) is 3.49. The van der Waals surface area contributed by atoms with Crippen molar-refractivity contribution in [2.24, 2.45) is 11.3 Å². The minimum Gasteiger partial charge on any atom is -0.481 e. The van der Waals surface area contributed by atoms with Crippen molar-refractivity contribution in [2.45, 2.75) is 27.2 Å². The molecule has 0 saturated heterocycles. The summed E-state index contributed by atoms with van der Waals surface area (Å²) >= 11 is 0. The fourth-order valence-corrected chi connectivity index (χ4v) is 2.59. The van der Waals surface area contributed by atoms with E-state index in [0.29, 0.717) is 17.5 Å². The van der Waals surface area contributed by atoms with E-state index in [2.05, 4.69) is 0 Å². The maximum atomic E-state index is 12.2. The summed E-state index contributed by atoms with van der Waals surface area (Å²) in [5.41, 5.74) is 0.506. The number of imide groups is 1. The molecule has 5 nitrogen and oxygen atoms in total. The molecule has 112 valence electrons. The Morgan fingerprint density at radius 2 is 1.62 bits per heavy atom. The lowest BCUT2D eigenvalue weighted by Gasteiger charge is -2.26. The molecule has 0 fully saturated rings. The molecule has 0 aromatic heterocycles. The van der Waals surface area contributed by atoms with Gasteiger partial charge in [0.25, 0.3) is 11.8 Å². The van der Waals surface area contributed by atoms with Gasteiger partial charge in [-0.1, -0.05) is 32.9 Å². The van der Waals surface area contributed by atoms with Gasteiger partial charge in [-0.25, -0.2) is 0 Å². The monoisotopic (exact) mass is 289 g/mol. The molecule has 0 radical (unpaired) electrons. The normalized spacial score (nSPS) is 16.0. The summed E-state index contributed by atoms with van der Waals surface area (Å²) in [5, 5.41) is 9.34.